The molecule has 2 aromatic rings. The van der Waals surface area contributed by atoms with Crippen LogP contribution in [0.15, 0.2) is 40.5 Å². The Kier molecular flexibility index (Phi) is 3.98. The first-order valence-electron chi connectivity index (χ1n) is 10.5. The summed E-state index contributed by atoms with van der Waals surface area (Å²) in [6.07, 6.45) is 4.92. The first-order chi connectivity index (χ1) is 15.5. The highest BCUT2D eigenvalue weighted by Gasteiger charge is 2.60. The van der Waals surface area contributed by atoms with Crippen LogP contribution in [-0.2, 0) is 9.59 Å². The molecule has 1 spiro atoms. The van der Waals surface area contributed by atoms with Crippen LogP contribution in [0, 0.1) is 22.2 Å². The lowest BCUT2D eigenvalue weighted by Gasteiger charge is -2.60. The molecule has 1 amide bonds. The Hall–Kier alpha value is -3.34. The number of nitriles is 1. The van der Waals surface area contributed by atoms with Crippen molar-refractivity contribution in [3.63, 3.8) is 0 Å². The predicted octanol–water partition coefficient (Wildman–Crippen LogP) is 2.31. The Labute approximate surface area is 189 Å². The molecule has 8 nitrogen and oxygen atoms in total. The minimum absolute atomic E-state index is 0.0126. The summed E-state index contributed by atoms with van der Waals surface area (Å²) in [6.45, 7) is 3.13. The van der Waals surface area contributed by atoms with E-state index in [1.807, 2.05) is 41.0 Å². The molecule has 9 heteroatoms. The van der Waals surface area contributed by atoms with Crippen molar-refractivity contribution in [2.45, 2.75) is 17.7 Å². The van der Waals surface area contributed by atoms with Gasteiger partial charge in [0.05, 0.1) is 29.8 Å². The van der Waals surface area contributed by atoms with E-state index < -0.39 is 5.41 Å². The van der Waals surface area contributed by atoms with Crippen LogP contribution in [0.3, 0.4) is 0 Å². The van der Waals surface area contributed by atoms with Crippen molar-refractivity contribution in [1.29, 1.82) is 5.26 Å². The maximum Gasteiger partial charge on any atom is 0.243 e. The normalized spacial score (nSPS) is 21.4. The third kappa shape index (κ3) is 2.77. The lowest BCUT2D eigenvalue weighted by Crippen LogP contribution is -2.73. The third-order valence-corrected chi connectivity index (χ3v) is 8.02. The topological polar surface area (TPSA) is 93.4 Å². The summed E-state index contributed by atoms with van der Waals surface area (Å²) in [4.78, 5) is 39.7. The number of aromatic nitrogens is 2. The molecule has 1 aliphatic carbocycles. The second kappa shape index (κ2) is 6.58. The highest BCUT2D eigenvalue weighted by Crippen LogP contribution is 2.50. The van der Waals surface area contributed by atoms with Gasteiger partial charge in [0.25, 0.3) is 0 Å². The highest BCUT2D eigenvalue weighted by atomic mass is 32.2. The molecule has 0 unspecified atom stereocenters. The van der Waals surface area contributed by atoms with Crippen LogP contribution >= 0.6 is 11.8 Å². The van der Waals surface area contributed by atoms with Crippen LogP contribution in [0.1, 0.15) is 12.8 Å². The Morgan fingerprint density at radius 3 is 2.66 bits per heavy atom. The van der Waals surface area contributed by atoms with E-state index in [1.54, 1.807) is 12.4 Å². The maximum absolute atomic E-state index is 12.5. The summed E-state index contributed by atoms with van der Waals surface area (Å²) in [5, 5.41) is 9.81. The van der Waals surface area contributed by atoms with Gasteiger partial charge < -0.3 is 14.7 Å². The SMILES string of the molecule is CN1C(=C=O)Sc2cc(-c3cncc(N4CC5(CN(C(=O)C6(C#N)CC6)C5)C4)n3)ccc21. The average Bonchev–Trinajstić information content (AvgIpc) is 3.50. The third-order valence-electron chi connectivity index (χ3n) is 6.93. The molecule has 0 bridgehead atoms. The zero-order chi connectivity index (χ0) is 22.1. The van der Waals surface area contributed by atoms with E-state index in [0.29, 0.717) is 17.9 Å². The number of benzene rings is 1. The number of thioether (sulfide) groups is 1. The molecular weight excluding hydrogens is 424 g/mol. The fraction of sp³-hybridized carbons (Fsp3) is 0.391. The molecule has 1 saturated carbocycles. The molecule has 0 radical (unpaired) electrons. The molecule has 6 rings (SSSR count). The number of carbonyl (C=O) groups is 1. The Morgan fingerprint density at radius 2 is 1.97 bits per heavy atom. The molecule has 0 atom stereocenters. The smallest absolute Gasteiger partial charge is 0.243 e. The van der Waals surface area contributed by atoms with Gasteiger partial charge in [-0.15, -0.1) is 0 Å². The largest absolute Gasteiger partial charge is 0.354 e. The van der Waals surface area contributed by atoms with Gasteiger partial charge >= 0.3 is 0 Å². The van der Waals surface area contributed by atoms with Crippen molar-refractivity contribution in [3.05, 3.63) is 35.6 Å². The number of likely N-dealkylation sites (tertiary alicyclic amines) is 1. The van der Waals surface area contributed by atoms with Crippen LogP contribution < -0.4 is 9.80 Å². The van der Waals surface area contributed by atoms with Crippen LogP contribution in [0.25, 0.3) is 11.3 Å². The summed E-state index contributed by atoms with van der Waals surface area (Å²) < 4.78 is 0. The number of nitrogens with zero attached hydrogens (tertiary/aromatic N) is 6. The molecular formula is C23H20N6O2S. The van der Waals surface area contributed by atoms with Crippen molar-refractivity contribution < 1.29 is 9.59 Å². The molecule has 3 fully saturated rings. The van der Waals surface area contributed by atoms with Gasteiger partial charge in [-0.1, -0.05) is 17.8 Å². The van der Waals surface area contributed by atoms with Crippen LogP contribution in [-0.4, -0.2) is 59.9 Å². The summed E-state index contributed by atoms with van der Waals surface area (Å²) in [5.74, 6) is 2.82. The molecule has 1 aromatic heterocycles. The number of carbonyl (C=O) groups excluding carboxylic acids is 2. The van der Waals surface area contributed by atoms with Gasteiger partial charge in [-0.3, -0.25) is 9.78 Å². The Bertz CT molecular complexity index is 1250. The van der Waals surface area contributed by atoms with Crippen LogP contribution in [0.4, 0.5) is 11.5 Å². The number of hydrogen-bond acceptors (Lipinski definition) is 8. The summed E-state index contributed by atoms with van der Waals surface area (Å²) in [7, 11) is 1.86. The fourth-order valence-corrected chi connectivity index (χ4v) is 5.87. The summed E-state index contributed by atoms with van der Waals surface area (Å²) in [6, 6.07) is 8.22. The number of anilines is 2. The average molecular weight is 445 g/mol. The van der Waals surface area contributed by atoms with Crippen molar-refractivity contribution in [2.75, 3.05) is 43.0 Å². The van der Waals surface area contributed by atoms with Crippen LogP contribution in [0.5, 0.6) is 0 Å². The zero-order valence-corrected chi connectivity index (χ0v) is 18.4. The highest BCUT2D eigenvalue weighted by molar-refractivity contribution is 8.04. The maximum atomic E-state index is 12.5. The molecule has 32 heavy (non-hydrogen) atoms. The van der Waals surface area contributed by atoms with Gasteiger partial charge in [0, 0.05) is 49.1 Å². The van der Waals surface area contributed by atoms with Gasteiger partial charge in [0.15, 0.2) is 11.0 Å². The van der Waals surface area contributed by atoms with Gasteiger partial charge in [0.2, 0.25) is 5.91 Å². The summed E-state index contributed by atoms with van der Waals surface area (Å²) >= 11 is 1.41. The van der Waals surface area contributed by atoms with Crippen molar-refractivity contribution in [1.82, 2.24) is 14.9 Å². The molecule has 160 valence electrons. The van der Waals surface area contributed by atoms with Crippen molar-refractivity contribution >= 4 is 35.1 Å². The standard InChI is InChI=1S/C23H20N6O2S/c1-27-17-3-2-15(6-18(17)32-20(27)9-30)16-7-25-8-19(26-16)28-11-22(12-28)13-29(14-22)21(31)23(10-24)4-5-23/h2-3,6-8H,4-5,11-14H2,1H3. The molecule has 1 aromatic carbocycles. The molecule has 4 aliphatic rings. The van der Waals surface area contributed by atoms with Crippen molar-refractivity contribution in [2.24, 2.45) is 10.8 Å². The van der Waals surface area contributed by atoms with E-state index in [0.717, 1.165) is 53.8 Å². The number of amides is 1. The van der Waals surface area contributed by atoms with Gasteiger partial charge in [-0.2, -0.15) is 5.26 Å². The molecule has 0 N–H and O–H groups in total. The van der Waals surface area contributed by atoms with E-state index in [4.69, 9.17) is 4.98 Å². The van der Waals surface area contributed by atoms with E-state index in [1.165, 1.54) is 11.8 Å². The Balaban J connectivity index is 1.14. The molecule has 2 saturated heterocycles. The predicted molar refractivity (Wildman–Crippen MR) is 119 cm³/mol. The van der Waals surface area contributed by atoms with E-state index in [-0.39, 0.29) is 11.3 Å². The van der Waals surface area contributed by atoms with E-state index in [2.05, 4.69) is 16.0 Å². The first kappa shape index (κ1) is 19.4. The lowest BCUT2D eigenvalue weighted by atomic mass is 9.72. The molecule has 3 aliphatic heterocycles. The van der Waals surface area contributed by atoms with E-state index >= 15 is 0 Å². The molecule has 4 heterocycles. The van der Waals surface area contributed by atoms with Gasteiger partial charge in [-0.25, -0.2) is 9.78 Å². The number of fused-ring (bicyclic) bond motifs is 1. The number of rotatable bonds is 3. The second-order valence-corrected chi connectivity index (χ2v) is 10.3. The van der Waals surface area contributed by atoms with Gasteiger partial charge in [-0.05, 0) is 25.0 Å². The minimum Gasteiger partial charge on any atom is -0.354 e. The second-order valence-electron chi connectivity index (χ2n) is 9.22. The summed E-state index contributed by atoms with van der Waals surface area (Å²) in [5.41, 5.74) is 2.11. The number of hydrogen-bond donors (Lipinski definition) is 0. The van der Waals surface area contributed by atoms with Gasteiger partial charge in [0.1, 0.15) is 11.2 Å². The fourth-order valence-electron chi connectivity index (χ4n) is 4.88. The minimum atomic E-state index is -0.726. The van der Waals surface area contributed by atoms with Crippen molar-refractivity contribution in [3.8, 4) is 17.3 Å². The first-order valence-corrected chi connectivity index (χ1v) is 11.4. The van der Waals surface area contributed by atoms with E-state index in [9.17, 15) is 14.9 Å². The van der Waals surface area contributed by atoms with Crippen LogP contribution in [0.2, 0.25) is 0 Å². The Morgan fingerprint density at radius 1 is 1.19 bits per heavy atom. The quantitative estimate of drug-likeness (QED) is 0.666. The zero-order valence-electron chi connectivity index (χ0n) is 17.5. The monoisotopic (exact) mass is 444 g/mol. The lowest BCUT2D eigenvalue weighted by molar-refractivity contribution is -0.149.